The van der Waals surface area contributed by atoms with E-state index >= 15 is 0 Å². The second kappa shape index (κ2) is 9.78. The minimum atomic E-state index is -4.81. The van der Waals surface area contributed by atoms with E-state index in [0.29, 0.717) is 23.1 Å². The standard InChI is InChI=1S/C22H19ClF3N3O3/c1-2-13-29(20-17(23)6-4-12-27-20)18-7-3-5-16(19(18)30)21(31)28-14-8-10-15(11-9-14)32-22(24,25)26/h3-12,30H,2,13H2,1H3,(H,28,31). The first-order chi connectivity index (χ1) is 15.2. The first kappa shape index (κ1) is 23.2. The molecule has 0 spiro atoms. The molecule has 0 aliphatic heterocycles. The molecule has 3 aromatic rings. The zero-order chi connectivity index (χ0) is 23.3. The molecule has 1 amide bonds. The summed E-state index contributed by atoms with van der Waals surface area (Å²) in [5, 5.41) is 13.8. The second-order valence-electron chi connectivity index (χ2n) is 6.66. The number of hydrogen-bond donors (Lipinski definition) is 2. The lowest BCUT2D eigenvalue weighted by molar-refractivity contribution is -0.274. The molecule has 0 fully saturated rings. The van der Waals surface area contributed by atoms with E-state index in [1.165, 1.54) is 18.2 Å². The van der Waals surface area contributed by atoms with Gasteiger partial charge in [-0.3, -0.25) is 4.79 Å². The molecule has 32 heavy (non-hydrogen) atoms. The van der Waals surface area contributed by atoms with Crippen LogP contribution in [0.2, 0.25) is 5.02 Å². The number of amides is 1. The first-order valence-corrected chi connectivity index (χ1v) is 9.94. The average Bonchev–Trinajstić information content (AvgIpc) is 2.73. The minimum Gasteiger partial charge on any atom is -0.505 e. The van der Waals surface area contributed by atoms with Gasteiger partial charge in [-0.15, -0.1) is 13.2 Å². The number of halogens is 4. The number of ether oxygens (including phenoxy) is 1. The summed E-state index contributed by atoms with van der Waals surface area (Å²) in [4.78, 5) is 18.7. The average molecular weight is 466 g/mol. The van der Waals surface area contributed by atoms with E-state index in [4.69, 9.17) is 11.6 Å². The lowest BCUT2D eigenvalue weighted by atomic mass is 10.1. The van der Waals surface area contributed by atoms with Crippen LogP contribution in [-0.4, -0.2) is 28.9 Å². The molecule has 1 aromatic heterocycles. The van der Waals surface area contributed by atoms with Crippen LogP contribution in [0.3, 0.4) is 0 Å². The summed E-state index contributed by atoms with van der Waals surface area (Å²) in [6, 6.07) is 12.7. The highest BCUT2D eigenvalue weighted by Crippen LogP contribution is 2.37. The predicted octanol–water partition coefficient (Wildman–Crippen LogP) is 6.14. The molecule has 0 unspecified atom stereocenters. The molecule has 10 heteroatoms. The number of benzene rings is 2. The highest BCUT2D eigenvalue weighted by molar-refractivity contribution is 6.33. The van der Waals surface area contributed by atoms with Crippen molar-refractivity contribution in [1.29, 1.82) is 0 Å². The number of para-hydroxylation sites is 1. The van der Waals surface area contributed by atoms with Crippen molar-refractivity contribution < 1.29 is 27.8 Å². The summed E-state index contributed by atoms with van der Waals surface area (Å²) in [6.45, 7) is 2.43. The van der Waals surface area contributed by atoms with Crippen molar-refractivity contribution in [3.05, 3.63) is 71.4 Å². The zero-order valence-electron chi connectivity index (χ0n) is 16.9. The van der Waals surface area contributed by atoms with Crippen LogP contribution in [0.1, 0.15) is 23.7 Å². The van der Waals surface area contributed by atoms with Crippen molar-refractivity contribution >= 4 is 34.7 Å². The number of phenolic OH excluding ortho intramolecular Hbond substituents is 1. The Kier molecular flexibility index (Phi) is 7.09. The van der Waals surface area contributed by atoms with Gasteiger partial charge in [0.25, 0.3) is 5.91 Å². The Morgan fingerprint density at radius 3 is 2.50 bits per heavy atom. The lowest BCUT2D eigenvalue weighted by Crippen LogP contribution is -2.21. The zero-order valence-corrected chi connectivity index (χ0v) is 17.6. The van der Waals surface area contributed by atoms with Crippen LogP contribution in [0.15, 0.2) is 60.8 Å². The van der Waals surface area contributed by atoms with Gasteiger partial charge in [-0.1, -0.05) is 24.6 Å². The summed E-state index contributed by atoms with van der Waals surface area (Å²) in [5.41, 5.74) is 0.549. The molecule has 0 atom stereocenters. The third-order valence-corrected chi connectivity index (χ3v) is 4.63. The van der Waals surface area contributed by atoms with Crippen molar-refractivity contribution in [3.63, 3.8) is 0 Å². The monoisotopic (exact) mass is 465 g/mol. The summed E-state index contributed by atoms with van der Waals surface area (Å²) in [6.07, 6.45) is -2.52. The Bertz CT molecular complexity index is 1090. The van der Waals surface area contributed by atoms with Gasteiger partial charge in [-0.25, -0.2) is 4.98 Å². The smallest absolute Gasteiger partial charge is 0.505 e. The Hall–Kier alpha value is -3.46. The Labute approximate surface area is 187 Å². The molecule has 0 saturated heterocycles. The summed E-state index contributed by atoms with van der Waals surface area (Å²) < 4.78 is 40.7. The Morgan fingerprint density at radius 2 is 1.88 bits per heavy atom. The molecule has 0 aliphatic rings. The molecular formula is C22H19ClF3N3O3. The minimum absolute atomic E-state index is 0.0220. The van der Waals surface area contributed by atoms with Gasteiger partial charge in [0.1, 0.15) is 5.75 Å². The van der Waals surface area contributed by atoms with E-state index in [1.54, 1.807) is 35.4 Å². The van der Waals surface area contributed by atoms with Gasteiger partial charge < -0.3 is 20.1 Å². The first-order valence-electron chi connectivity index (χ1n) is 9.56. The molecule has 2 aromatic carbocycles. The molecule has 0 bridgehead atoms. The molecule has 0 aliphatic carbocycles. The van der Waals surface area contributed by atoms with Gasteiger partial charge in [0.2, 0.25) is 0 Å². The maximum atomic E-state index is 12.7. The number of nitrogens with one attached hydrogen (secondary N) is 1. The molecule has 168 valence electrons. The van der Waals surface area contributed by atoms with Gasteiger partial charge >= 0.3 is 6.36 Å². The topological polar surface area (TPSA) is 74.7 Å². The molecule has 0 radical (unpaired) electrons. The largest absolute Gasteiger partial charge is 0.573 e. The van der Waals surface area contributed by atoms with E-state index in [0.717, 1.165) is 18.6 Å². The van der Waals surface area contributed by atoms with Crippen molar-refractivity contribution in [2.45, 2.75) is 19.7 Å². The SMILES string of the molecule is CCCN(c1cccc(C(=O)Nc2ccc(OC(F)(F)F)cc2)c1O)c1ncccc1Cl. The van der Waals surface area contributed by atoms with Crippen molar-refractivity contribution in [2.24, 2.45) is 0 Å². The van der Waals surface area contributed by atoms with Crippen LogP contribution in [-0.2, 0) is 0 Å². The number of hydrogen-bond acceptors (Lipinski definition) is 5. The molecule has 6 nitrogen and oxygen atoms in total. The normalized spacial score (nSPS) is 11.2. The molecule has 0 saturated carbocycles. The number of phenols is 1. The number of nitrogens with zero attached hydrogens (tertiary/aromatic N) is 2. The third kappa shape index (κ3) is 5.61. The van der Waals surface area contributed by atoms with Crippen molar-refractivity contribution in [3.8, 4) is 11.5 Å². The maximum Gasteiger partial charge on any atom is 0.573 e. The van der Waals surface area contributed by atoms with Crippen LogP contribution >= 0.6 is 11.6 Å². The van der Waals surface area contributed by atoms with Crippen LogP contribution in [0.4, 0.5) is 30.4 Å². The molecular weight excluding hydrogens is 447 g/mol. The number of alkyl halides is 3. The summed E-state index contributed by atoms with van der Waals surface area (Å²) >= 11 is 6.27. The van der Waals surface area contributed by atoms with E-state index in [9.17, 15) is 23.1 Å². The number of pyridine rings is 1. The number of carbonyl (C=O) groups excluding carboxylic acids is 1. The summed E-state index contributed by atoms with van der Waals surface area (Å²) in [5.74, 6) is -0.901. The van der Waals surface area contributed by atoms with Gasteiger partial charge in [0.05, 0.1) is 16.3 Å². The van der Waals surface area contributed by atoms with E-state index in [1.807, 2.05) is 6.92 Å². The fourth-order valence-electron chi connectivity index (χ4n) is 3.01. The Balaban J connectivity index is 1.85. The highest BCUT2D eigenvalue weighted by Gasteiger charge is 2.31. The molecule has 1 heterocycles. The molecule has 2 N–H and O–H groups in total. The fourth-order valence-corrected chi connectivity index (χ4v) is 3.23. The van der Waals surface area contributed by atoms with Gasteiger partial charge in [-0.05, 0) is 55.0 Å². The van der Waals surface area contributed by atoms with E-state index in [-0.39, 0.29) is 17.0 Å². The van der Waals surface area contributed by atoms with Crippen LogP contribution in [0, 0.1) is 0 Å². The number of aromatic nitrogens is 1. The van der Waals surface area contributed by atoms with Gasteiger partial charge in [0.15, 0.2) is 11.6 Å². The Morgan fingerprint density at radius 1 is 1.16 bits per heavy atom. The van der Waals surface area contributed by atoms with Crippen molar-refractivity contribution in [2.75, 3.05) is 16.8 Å². The van der Waals surface area contributed by atoms with Gasteiger partial charge in [-0.2, -0.15) is 0 Å². The summed E-state index contributed by atoms with van der Waals surface area (Å²) in [7, 11) is 0. The highest BCUT2D eigenvalue weighted by atomic mass is 35.5. The number of aromatic hydroxyl groups is 1. The maximum absolute atomic E-state index is 12.7. The third-order valence-electron chi connectivity index (χ3n) is 4.34. The van der Waals surface area contributed by atoms with Crippen molar-refractivity contribution in [1.82, 2.24) is 4.98 Å². The second-order valence-corrected chi connectivity index (χ2v) is 7.07. The quantitative estimate of drug-likeness (QED) is 0.438. The molecule has 3 rings (SSSR count). The fraction of sp³-hybridized carbons (Fsp3) is 0.182. The number of carbonyl (C=O) groups is 1. The lowest BCUT2D eigenvalue weighted by Gasteiger charge is -2.25. The van der Waals surface area contributed by atoms with E-state index < -0.39 is 18.0 Å². The predicted molar refractivity (Wildman–Crippen MR) is 116 cm³/mol. The van der Waals surface area contributed by atoms with Gasteiger partial charge in [0, 0.05) is 18.4 Å². The van der Waals surface area contributed by atoms with Crippen LogP contribution < -0.4 is 15.0 Å². The number of rotatable bonds is 7. The van der Waals surface area contributed by atoms with E-state index in [2.05, 4.69) is 15.0 Å². The van der Waals surface area contributed by atoms with Crippen LogP contribution in [0.25, 0.3) is 0 Å². The number of anilines is 3. The van der Waals surface area contributed by atoms with Crippen LogP contribution in [0.5, 0.6) is 11.5 Å².